The van der Waals surface area contributed by atoms with Crippen molar-refractivity contribution in [1.29, 1.82) is 0 Å². The lowest BCUT2D eigenvalue weighted by Gasteiger charge is -2.14. The van der Waals surface area contributed by atoms with Gasteiger partial charge in [-0.05, 0) is 52.5 Å². The molecule has 5 nitrogen and oxygen atoms in total. The number of hydrogen-bond donors (Lipinski definition) is 1. The van der Waals surface area contributed by atoms with Crippen LogP contribution in [0.1, 0.15) is 56.4 Å². The lowest BCUT2D eigenvalue weighted by molar-refractivity contribution is 1.03. The summed E-state index contributed by atoms with van der Waals surface area (Å²) in [7, 11) is 0. The highest BCUT2D eigenvalue weighted by molar-refractivity contribution is 6.22. The Morgan fingerprint density at radius 3 is 1.77 bits per heavy atom. The number of aromatic nitrogens is 2. The van der Waals surface area contributed by atoms with E-state index in [1.165, 1.54) is 0 Å². The predicted molar refractivity (Wildman–Crippen MR) is 235 cm³/mol. The fourth-order valence-corrected chi connectivity index (χ4v) is 5.93. The van der Waals surface area contributed by atoms with Crippen LogP contribution in [0, 0.1) is 0 Å². The van der Waals surface area contributed by atoms with Gasteiger partial charge in [0, 0.05) is 32.7 Å². The molecule has 10 rings (SSSR count). The quantitative estimate of drug-likeness (QED) is 0.133. The molecule has 0 aliphatic heterocycles. The lowest BCUT2D eigenvalue weighted by Crippen LogP contribution is -2.19. The van der Waals surface area contributed by atoms with Gasteiger partial charge in [0.1, 0.15) is 5.84 Å². The molecule has 0 fully saturated rings. The van der Waals surface area contributed by atoms with E-state index in [0.29, 0.717) is 9.13 Å². The van der Waals surface area contributed by atoms with Gasteiger partial charge in [-0.25, -0.2) is 4.99 Å². The van der Waals surface area contributed by atoms with E-state index in [2.05, 4.69) is 9.98 Å². The third kappa shape index (κ3) is 5.83. The second kappa shape index (κ2) is 14.0. The Balaban J connectivity index is 1.47. The summed E-state index contributed by atoms with van der Waals surface area (Å²) in [5.74, 6) is -2.17. The highest BCUT2D eigenvalue weighted by atomic mass is 15.2. The number of para-hydroxylation sites is 3. The van der Waals surface area contributed by atoms with E-state index < -0.39 is 300 Å². The summed E-state index contributed by atoms with van der Waals surface area (Å²) in [6.07, 6.45) is 0. The molecular weight excluding hydrogens is 683 g/mol. The van der Waals surface area contributed by atoms with Gasteiger partial charge in [-0.3, -0.25) is 4.57 Å². The van der Waals surface area contributed by atoms with Gasteiger partial charge in [0.25, 0.3) is 0 Å². The average molecular weight is 753 g/mol. The lowest BCUT2D eigenvalue weighted by atomic mass is 10.0. The van der Waals surface area contributed by atoms with Gasteiger partial charge >= 0.3 is 0 Å². The van der Waals surface area contributed by atoms with Gasteiger partial charge in [0.2, 0.25) is 5.96 Å². The van der Waals surface area contributed by atoms with Crippen LogP contribution >= 0.6 is 0 Å². The molecule has 5 heteroatoms. The van der Waals surface area contributed by atoms with Crippen molar-refractivity contribution in [2.24, 2.45) is 15.7 Å². The first-order valence-electron chi connectivity index (χ1n) is 32.7. The van der Waals surface area contributed by atoms with Crippen molar-refractivity contribution in [3.63, 3.8) is 0 Å². The van der Waals surface area contributed by atoms with Crippen molar-refractivity contribution >= 4 is 55.4 Å². The zero-order chi connectivity index (χ0) is 66.1. The smallest absolute Gasteiger partial charge is 0.232 e. The van der Waals surface area contributed by atoms with E-state index in [0.717, 1.165) is 0 Å². The molecule has 0 saturated carbocycles. The van der Waals surface area contributed by atoms with Gasteiger partial charge < -0.3 is 10.3 Å². The normalized spacial score (nSPS) is 20.5. The molecule has 2 heterocycles. The Labute approximate surface area is 371 Å². The van der Waals surface area contributed by atoms with Crippen molar-refractivity contribution in [2.45, 2.75) is 6.54 Å². The largest absolute Gasteiger partial charge is 0.383 e. The molecule has 0 spiro atoms. The molecule has 0 saturated heterocycles. The number of fused-ring (bicyclic) bond motifs is 6. The molecule has 266 valence electrons. The standard InChI is InChI=1S/C51H37N5/c52-50(39-30-28-37(29-31-39)36-18-6-2-7-19-36)54-51(53-34-35-16-4-1-5-17-35)56-47-27-15-12-24-42(47)44-32-43-41-23-11-14-26-46(41)55(48(43)33-49(44)56)45-25-13-10-22-40(45)38-20-8-3-9-21-38/h1-33H,34H2,(H2,52,53,54)/i1D,2D,3D,4D,5D,6D,7D,8D,9D,10D,11D,12D,13D,14D,15D,16D,17D,18D,19D,20D,21D,22D,23D,24D,25D,26D,27D,28D,29D,30D,31D,32D,33D. The first kappa shape index (κ1) is 13.4. The Kier molecular flexibility index (Phi) is 3.35. The molecule has 8 aromatic carbocycles. The first-order valence-corrected chi connectivity index (χ1v) is 16.2. The van der Waals surface area contributed by atoms with Crippen molar-refractivity contribution in [1.82, 2.24) is 9.13 Å². The maximum atomic E-state index is 10.4. The van der Waals surface area contributed by atoms with Crippen LogP contribution in [-0.4, -0.2) is 20.9 Å². The molecule has 0 radical (unpaired) electrons. The molecular formula is C51H37N5. The van der Waals surface area contributed by atoms with Crippen LogP contribution in [0.15, 0.2) is 209 Å². The molecule has 56 heavy (non-hydrogen) atoms. The third-order valence-electron chi connectivity index (χ3n) is 8.31. The third-order valence-corrected chi connectivity index (χ3v) is 8.31. The topological polar surface area (TPSA) is 60.6 Å². The van der Waals surface area contributed by atoms with Crippen molar-refractivity contribution < 1.29 is 45.2 Å². The minimum Gasteiger partial charge on any atom is -0.383 e. The van der Waals surface area contributed by atoms with Gasteiger partial charge in [0.15, 0.2) is 0 Å². The van der Waals surface area contributed by atoms with Crippen LogP contribution in [0.5, 0.6) is 0 Å². The Morgan fingerprint density at radius 1 is 0.482 bits per heavy atom. The second-order valence-electron chi connectivity index (χ2n) is 11.5. The van der Waals surface area contributed by atoms with E-state index in [1.807, 2.05) is 0 Å². The van der Waals surface area contributed by atoms with Crippen LogP contribution in [0.4, 0.5) is 0 Å². The van der Waals surface area contributed by atoms with Crippen molar-refractivity contribution in [3.05, 3.63) is 211 Å². The van der Waals surface area contributed by atoms with Gasteiger partial charge in [-0.2, -0.15) is 4.99 Å². The van der Waals surface area contributed by atoms with E-state index in [-0.39, 0.29) is 0 Å². The fourth-order valence-electron chi connectivity index (χ4n) is 5.93. The van der Waals surface area contributed by atoms with Crippen LogP contribution in [-0.2, 0) is 6.54 Å². The molecule has 0 aliphatic rings. The van der Waals surface area contributed by atoms with Gasteiger partial charge in [-0.1, -0.05) is 169 Å². The molecule has 0 unspecified atom stereocenters. The minimum absolute atomic E-state index is 0.589. The van der Waals surface area contributed by atoms with Crippen molar-refractivity contribution in [3.8, 4) is 27.9 Å². The van der Waals surface area contributed by atoms with E-state index in [1.54, 1.807) is 0 Å². The molecule has 10 aromatic rings. The van der Waals surface area contributed by atoms with E-state index >= 15 is 0 Å². The van der Waals surface area contributed by atoms with Crippen LogP contribution in [0.3, 0.4) is 0 Å². The first-order chi connectivity index (χ1) is 41.4. The molecule has 2 N–H and O–H groups in total. The monoisotopic (exact) mass is 753 g/mol. The highest BCUT2D eigenvalue weighted by Crippen LogP contribution is 2.40. The molecule has 0 bridgehead atoms. The van der Waals surface area contributed by atoms with Gasteiger partial charge in [0.05, 0.1) is 79.5 Å². The van der Waals surface area contributed by atoms with E-state index in [9.17, 15) is 13.7 Å². The zero-order valence-corrected chi connectivity index (χ0v) is 28.1. The average Bonchev–Trinajstić information content (AvgIpc) is 1.53. The van der Waals surface area contributed by atoms with Crippen LogP contribution in [0.25, 0.3) is 71.6 Å². The summed E-state index contributed by atoms with van der Waals surface area (Å²) in [6, 6.07) is -32.5. The number of rotatable bonds is 6. The number of nitrogens with two attached hydrogens (primary N) is 1. The Hall–Kier alpha value is -7.50. The maximum Gasteiger partial charge on any atom is 0.232 e. The summed E-state index contributed by atoms with van der Waals surface area (Å²) in [5.41, 5.74) is -2.29. The van der Waals surface area contributed by atoms with E-state index in [4.69, 9.17) is 37.3 Å². The number of benzene rings is 8. The maximum absolute atomic E-state index is 10.4. The van der Waals surface area contributed by atoms with Crippen molar-refractivity contribution in [2.75, 3.05) is 0 Å². The van der Waals surface area contributed by atoms with Crippen LogP contribution in [0.2, 0.25) is 0 Å². The molecule has 0 aliphatic carbocycles. The molecule has 2 aromatic heterocycles. The van der Waals surface area contributed by atoms with Gasteiger partial charge in [-0.15, -0.1) is 0 Å². The molecule has 0 amide bonds. The number of amidine groups is 1. The predicted octanol–water partition coefficient (Wildman–Crippen LogP) is 12.0. The number of hydrogen-bond acceptors (Lipinski definition) is 1. The zero-order valence-electron chi connectivity index (χ0n) is 61.1. The summed E-state index contributed by atoms with van der Waals surface area (Å²) in [4.78, 5) is 8.84. The minimum atomic E-state index is -1.12. The summed E-state index contributed by atoms with van der Waals surface area (Å²) >= 11 is 0. The molecule has 0 atom stereocenters. The Bertz CT molecular complexity index is 4930. The van der Waals surface area contributed by atoms with Crippen LogP contribution < -0.4 is 5.73 Å². The number of nitrogens with zero attached hydrogens (tertiary/aromatic N) is 4. The highest BCUT2D eigenvalue weighted by Gasteiger charge is 2.21. The summed E-state index contributed by atoms with van der Waals surface area (Å²) < 4.78 is 296. The fraction of sp³-hybridized carbons (Fsp3) is 0.0196. The number of aliphatic imine (C=N–C) groups is 2. The summed E-state index contributed by atoms with van der Waals surface area (Å²) in [5, 5.41) is -2.71. The summed E-state index contributed by atoms with van der Waals surface area (Å²) in [6.45, 7) is -1.08. The Morgan fingerprint density at radius 2 is 1.04 bits per heavy atom. The second-order valence-corrected chi connectivity index (χ2v) is 11.5. The SMILES string of the molecule is [2H]c1c([2H])c([2H])c(CN=C(/N=C(\N)c2c([2H])c([2H])c(-c3c([2H])c([2H])c([2H])c([2H])c3[2H])c([2H])c2[2H])n2c3c([2H])c([2H])c([2H])c([2H])c3c3c([2H])c4c5c([2H])c([2H])c([2H])c([2H])c5n(-c5c([2H])c([2H])c([2H])c([2H])c5-c5c([2H])c([2H])c([2H])c([2H])c5[2H])c4c([2H])c32)c([2H])c1[2H].